The van der Waals surface area contributed by atoms with Gasteiger partial charge in [0.05, 0.1) is 5.69 Å². The fourth-order valence-electron chi connectivity index (χ4n) is 1.85. The highest BCUT2D eigenvalue weighted by Crippen LogP contribution is 2.15. The number of rotatable bonds is 6. The molecule has 1 amide bonds. The van der Waals surface area contributed by atoms with Crippen LogP contribution in [0.15, 0.2) is 4.52 Å². The summed E-state index contributed by atoms with van der Waals surface area (Å²) in [5, 5.41) is 15.5. The molecular formula is C13H20N2O4. The minimum Gasteiger partial charge on any atom is -0.480 e. The van der Waals surface area contributed by atoms with Crippen molar-refractivity contribution in [3.05, 3.63) is 17.0 Å². The fourth-order valence-corrected chi connectivity index (χ4v) is 1.85. The summed E-state index contributed by atoms with van der Waals surface area (Å²) in [5.74, 6) is -1.22. The van der Waals surface area contributed by atoms with Crippen molar-refractivity contribution in [3.63, 3.8) is 0 Å². The first-order valence-electron chi connectivity index (χ1n) is 6.41. The summed E-state index contributed by atoms with van der Waals surface area (Å²) in [6.45, 7) is 7.17. The average molecular weight is 268 g/mol. The first-order valence-corrected chi connectivity index (χ1v) is 6.41. The third kappa shape index (κ3) is 3.33. The van der Waals surface area contributed by atoms with Crippen LogP contribution in [0.2, 0.25) is 0 Å². The van der Waals surface area contributed by atoms with Gasteiger partial charge in [-0.3, -0.25) is 4.79 Å². The number of carbonyl (C=O) groups excluding carboxylic acids is 1. The summed E-state index contributed by atoms with van der Waals surface area (Å²) >= 11 is 0. The van der Waals surface area contributed by atoms with E-state index in [0.29, 0.717) is 29.9 Å². The van der Waals surface area contributed by atoms with E-state index < -0.39 is 17.9 Å². The Morgan fingerprint density at radius 2 is 2.05 bits per heavy atom. The van der Waals surface area contributed by atoms with E-state index >= 15 is 0 Å². The van der Waals surface area contributed by atoms with E-state index in [1.807, 2.05) is 13.8 Å². The molecule has 1 heterocycles. The number of hydrogen-bond donors (Lipinski definition) is 2. The van der Waals surface area contributed by atoms with Gasteiger partial charge in [-0.2, -0.15) is 0 Å². The van der Waals surface area contributed by atoms with Crippen molar-refractivity contribution >= 4 is 11.9 Å². The molecule has 0 saturated carbocycles. The normalized spacial score (nSPS) is 13.9. The van der Waals surface area contributed by atoms with Crippen molar-refractivity contribution in [1.29, 1.82) is 0 Å². The highest BCUT2D eigenvalue weighted by molar-refractivity contribution is 5.98. The zero-order valence-corrected chi connectivity index (χ0v) is 11.7. The molecule has 6 nitrogen and oxygen atoms in total. The number of hydrogen-bond acceptors (Lipinski definition) is 4. The van der Waals surface area contributed by atoms with E-state index in [9.17, 15) is 9.59 Å². The van der Waals surface area contributed by atoms with Crippen molar-refractivity contribution in [1.82, 2.24) is 10.5 Å². The van der Waals surface area contributed by atoms with Crippen molar-refractivity contribution in [2.75, 3.05) is 0 Å². The lowest BCUT2D eigenvalue weighted by molar-refractivity contribution is -0.140. The van der Waals surface area contributed by atoms with Gasteiger partial charge in [0.15, 0.2) is 0 Å². The fraction of sp³-hybridized carbons (Fsp3) is 0.615. The number of nitrogens with one attached hydrogen (secondary N) is 1. The minimum atomic E-state index is -1.03. The van der Waals surface area contributed by atoms with E-state index in [0.717, 1.165) is 0 Å². The van der Waals surface area contributed by atoms with E-state index in [2.05, 4.69) is 10.5 Å². The van der Waals surface area contributed by atoms with Crippen LogP contribution in [-0.2, 0) is 11.2 Å². The Bertz CT molecular complexity index is 467. The van der Waals surface area contributed by atoms with Crippen LogP contribution < -0.4 is 5.32 Å². The van der Waals surface area contributed by atoms with Gasteiger partial charge in [0, 0.05) is 0 Å². The molecule has 0 aliphatic carbocycles. The molecule has 0 spiro atoms. The second-order valence-electron chi connectivity index (χ2n) is 4.59. The largest absolute Gasteiger partial charge is 0.480 e. The molecule has 0 aliphatic rings. The van der Waals surface area contributed by atoms with Gasteiger partial charge in [-0.15, -0.1) is 0 Å². The van der Waals surface area contributed by atoms with Crippen LogP contribution in [0.5, 0.6) is 0 Å². The monoisotopic (exact) mass is 268 g/mol. The molecule has 106 valence electrons. The Labute approximate surface area is 112 Å². The third-order valence-corrected chi connectivity index (χ3v) is 3.26. The van der Waals surface area contributed by atoms with Gasteiger partial charge in [-0.1, -0.05) is 32.3 Å². The summed E-state index contributed by atoms with van der Waals surface area (Å²) in [7, 11) is 0. The lowest BCUT2D eigenvalue weighted by Crippen LogP contribution is -2.45. The predicted octanol–water partition coefficient (Wildman–Crippen LogP) is 1.77. The summed E-state index contributed by atoms with van der Waals surface area (Å²) in [4.78, 5) is 23.4. The van der Waals surface area contributed by atoms with Crippen molar-refractivity contribution < 1.29 is 19.2 Å². The number of nitrogens with zero attached hydrogens (tertiary/aromatic N) is 1. The topological polar surface area (TPSA) is 92.4 Å². The predicted molar refractivity (Wildman–Crippen MR) is 69.0 cm³/mol. The van der Waals surface area contributed by atoms with Crippen LogP contribution in [0, 0.1) is 12.8 Å². The van der Waals surface area contributed by atoms with Crippen molar-refractivity contribution in [3.8, 4) is 0 Å². The summed E-state index contributed by atoms with van der Waals surface area (Å²) < 4.78 is 4.98. The third-order valence-electron chi connectivity index (χ3n) is 3.26. The number of aromatic nitrogens is 1. The molecule has 19 heavy (non-hydrogen) atoms. The molecule has 0 aliphatic heterocycles. The van der Waals surface area contributed by atoms with E-state index in [4.69, 9.17) is 9.63 Å². The molecule has 0 fully saturated rings. The summed E-state index contributed by atoms with van der Waals surface area (Å²) in [6.07, 6.45) is 1.22. The van der Waals surface area contributed by atoms with Gasteiger partial charge in [0.25, 0.3) is 5.91 Å². The molecule has 2 unspecified atom stereocenters. The maximum Gasteiger partial charge on any atom is 0.326 e. The van der Waals surface area contributed by atoms with Crippen LogP contribution in [-0.4, -0.2) is 28.2 Å². The second kappa shape index (κ2) is 6.36. The van der Waals surface area contributed by atoms with Gasteiger partial charge in [-0.05, 0) is 19.3 Å². The smallest absolute Gasteiger partial charge is 0.326 e. The van der Waals surface area contributed by atoms with Crippen LogP contribution in [0.3, 0.4) is 0 Å². The Morgan fingerprint density at radius 1 is 1.42 bits per heavy atom. The second-order valence-corrected chi connectivity index (χ2v) is 4.59. The zero-order valence-electron chi connectivity index (χ0n) is 11.7. The van der Waals surface area contributed by atoms with Gasteiger partial charge >= 0.3 is 5.97 Å². The minimum absolute atomic E-state index is 0.147. The maximum atomic E-state index is 12.2. The number of aryl methyl sites for hydroxylation is 2. The molecular weight excluding hydrogens is 248 g/mol. The molecule has 2 atom stereocenters. The first-order chi connectivity index (χ1) is 8.92. The first kappa shape index (κ1) is 15.2. The quantitative estimate of drug-likeness (QED) is 0.820. The van der Waals surface area contributed by atoms with Gasteiger partial charge in [0.1, 0.15) is 17.4 Å². The summed E-state index contributed by atoms with van der Waals surface area (Å²) in [5.41, 5.74) is 0.889. The Balaban J connectivity index is 2.94. The Hall–Kier alpha value is -1.85. The highest BCUT2D eigenvalue weighted by Gasteiger charge is 2.28. The van der Waals surface area contributed by atoms with Gasteiger partial charge < -0.3 is 14.9 Å². The average Bonchev–Trinajstić information content (AvgIpc) is 2.75. The van der Waals surface area contributed by atoms with Gasteiger partial charge in [0.2, 0.25) is 0 Å². The van der Waals surface area contributed by atoms with E-state index in [1.54, 1.807) is 13.8 Å². The highest BCUT2D eigenvalue weighted by atomic mass is 16.5. The van der Waals surface area contributed by atoms with Crippen LogP contribution in [0.25, 0.3) is 0 Å². The lowest BCUT2D eigenvalue weighted by atomic mass is 9.98. The molecule has 1 aromatic heterocycles. The number of carbonyl (C=O) groups is 2. The Morgan fingerprint density at radius 3 is 2.53 bits per heavy atom. The van der Waals surface area contributed by atoms with Crippen LogP contribution in [0.1, 0.15) is 49.0 Å². The number of aliphatic carboxylic acids is 1. The zero-order chi connectivity index (χ0) is 14.6. The molecule has 1 aromatic rings. The lowest BCUT2D eigenvalue weighted by Gasteiger charge is -2.20. The molecule has 6 heteroatoms. The maximum absolute atomic E-state index is 12.2. The number of carboxylic acids is 1. The molecule has 1 rings (SSSR count). The standard InChI is InChI=1S/C13H20N2O4/c1-5-7(3)11(13(17)18)14-12(16)10-8(4)19-15-9(10)6-2/h7,11H,5-6H2,1-4H3,(H,14,16)(H,17,18). The number of amides is 1. The molecule has 0 aromatic carbocycles. The van der Waals surface area contributed by atoms with Crippen LogP contribution >= 0.6 is 0 Å². The van der Waals surface area contributed by atoms with Crippen molar-refractivity contribution in [2.24, 2.45) is 5.92 Å². The SMILES string of the molecule is CCc1noc(C)c1C(=O)NC(C(=O)O)C(C)CC. The molecule has 0 radical (unpaired) electrons. The van der Waals surface area contributed by atoms with Gasteiger partial charge in [-0.25, -0.2) is 4.79 Å². The van der Waals surface area contributed by atoms with Crippen LogP contribution in [0.4, 0.5) is 0 Å². The molecule has 0 saturated heterocycles. The Kier molecular flexibility index (Phi) is 5.09. The molecule has 2 N–H and O–H groups in total. The summed E-state index contributed by atoms with van der Waals surface area (Å²) in [6, 6.07) is -0.906. The van der Waals surface area contributed by atoms with E-state index in [1.165, 1.54) is 0 Å². The number of carboxylic acid groups (broad SMARTS) is 1. The van der Waals surface area contributed by atoms with Crippen molar-refractivity contribution in [2.45, 2.75) is 46.6 Å². The molecule has 0 bridgehead atoms. The van der Waals surface area contributed by atoms with E-state index in [-0.39, 0.29) is 5.92 Å².